The molecule has 34 heavy (non-hydrogen) atoms. The molecule has 1 saturated heterocycles. The summed E-state index contributed by atoms with van der Waals surface area (Å²) in [4.78, 5) is 33.3. The molecule has 3 aromatic rings. The Morgan fingerprint density at radius 1 is 1.00 bits per heavy atom. The van der Waals surface area contributed by atoms with Crippen LogP contribution in [0.5, 0.6) is 0 Å². The van der Waals surface area contributed by atoms with Crippen LogP contribution in [-0.4, -0.2) is 46.5 Å². The number of amides is 1. The van der Waals surface area contributed by atoms with Gasteiger partial charge in [-0.15, -0.1) is 0 Å². The van der Waals surface area contributed by atoms with E-state index < -0.39 is 29.4 Å². The molecule has 1 aromatic heterocycles. The van der Waals surface area contributed by atoms with Crippen LogP contribution >= 0.6 is 0 Å². The fourth-order valence-electron chi connectivity index (χ4n) is 4.24. The Kier molecular flexibility index (Phi) is 6.09. The standard InChI is InChI=1S/C24H24F4N4O2/c1-14-12-19-20(13-15(14)2)32(23(34)21(29-19)24(26,27)28)16(3)22(33)31-10-8-30(9-11-31)18-6-4-17(25)5-7-18/h4-7,12-13,16H,8-11H2,1-3H3/t16-/m0/s1. The lowest BCUT2D eigenvalue weighted by atomic mass is 10.1. The largest absolute Gasteiger partial charge is 0.438 e. The molecule has 4 rings (SSSR count). The van der Waals surface area contributed by atoms with Crippen LogP contribution in [0.1, 0.15) is 29.8 Å². The summed E-state index contributed by atoms with van der Waals surface area (Å²) in [6, 6.07) is 7.96. The van der Waals surface area contributed by atoms with Crippen molar-refractivity contribution in [2.24, 2.45) is 0 Å². The van der Waals surface area contributed by atoms with E-state index in [2.05, 4.69) is 4.98 Å². The summed E-state index contributed by atoms with van der Waals surface area (Å²) in [7, 11) is 0. The number of carbonyl (C=O) groups excluding carboxylic acids is 1. The summed E-state index contributed by atoms with van der Waals surface area (Å²) >= 11 is 0. The minimum absolute atomic E-state index is 0.0100. The first-order chi connectivity index (χ1) is 16.0. The van der Waals surface area contributed by atoms with Gasteiger partial charge in [-0.05, 0) is 68.3 Å². The maximum absolute atomic E-state index is 13.6. The first kappa shape index (κ1) is 23.7. The lowest BCUT2D eigenvalue weighted by Gasteiger charge is -2.37. The molecular formula is C24H24F4N4O2. The van der Waals surface area contributed by atoms with E-state index in [1.54, 1.807) is 32.0 Å². The number of hydrogen-bond acceptors (Lipinski definition) is 4. The van der Waals surface area contributed by atoms with Crippen LogP contribution in [-0.2, 0) is 11.0 Å². The topological polar surface area (TPSA) is 58.4 Å². The number of hydrogen-bond donors (Lipinski definition) is 0. The second-order valence-corrected chi connectivity index (χ2v) is 8.52. The zero-order valence-corrected chi connectivity index (χ0v) is 19.0. The molecule has 0 aliphatic carbocycles. The number of nitrogens with zero attached hydrogens (tertiary/aromatic N) is 4. The van der Waals surface area contributed by atoms with Crippen LogP contribution < -0.4 is 10.5 Å². The Balaban J connectivity index is 1.66. The Morgan fingerprint density at radius 3 is 2.18 bits per heavy atom. The quantitative estimate of drug-likeness (QED) is 0.535. The van der Waals surface area contributed by atoms with Gasteiger partial charge in [0.2, 0.25) is 11.6 Å². The van der Waals surface area contributed by atoms with Crippen molar-refractivity contribution < 1.29 is 22.4 Å². The molecule has 2 heterocycles. The SMILES string of the molecule is Cc1cc2nc(C(F)(F)F)c(=O)n([C@@H](C)C(=O)N3CCN(c4ccc(F)cc4)CC3)c2cc1C. The number of halogens is 4. The molecule has 0 spiro atoms. The summed E-state index contributed by atoms with van der Waals surface area (Å²) < 4.78 is 54.9. The van der Waals surface area contributed by atoms with E-state index in [-0.39, 0.29) is 16.9 Å². The van der Waals surface area contributed by atoms with Crippen molar-refractivity contribution in [2.45, 2.75) is 33.0 Å². The van der Waals surface area contributed by atoms with Crippen molar-refractivity contribution in [3.05, 3.63) is 69.4 Å². The highest BCUT2D eigenvalue weighted by atomic mass is 19.4. The average Bonchev–Trinajstić information content (AvgIpc) is 2.79. The molecule has 6 nitrogen and oxygen atoms in total. The smallest absolute Gasteiger partial charge is 0.368 e. The highest BCUT2D eigenvalue weighted by molar-refractivity contribution is 5.84. The number of piperazine rings is 1. The number of fused-ring (bicyclic) bond motifs is 1. The zero-order valence-electron chi connectivity index (χ0n) is 19.0. The van der Waals surface area contributed by atoms with Gasteiger partial charge in [0.1, 0.15) is 11.9 Å². The predicted molar refractivity (Wildman–Crippen MR) is 120 cm³/mol. The van der Waals surface area contributed by atoms with E-state index in [9.17, 15) is 27.2 Å². The number of aromatic nitrogens is 2. The molecule has 1 amide bonds. The third-order valence-corrected chi connectivity index (χ3v) is 6.30. The fourth-order valence-corrected chi connectivity index (χ4v) is 4.24. The van der Waals surface area contributed by atoms with Gasteiger partial charge in [0, 0.05) is 31.9 Å². The van der Waals surface area contributed by atoms with E-state index in [0.29, 0.717) is 26.2 Å². The van der Waals surface area contributed by atoms with Crippen molar-refractivity contribution >= 4 is 22.6 Å². The highest BCUT2D eigenvalue weighted by Gasteiger charge is 2.39. The van der Waals surface area contributed by atoms with Crippen molar-refractivity contribution in [1.29, 1.82) is 0 Å². The molecule has 1 aliphatic heterocycles. The minimum atomic E-state index is -4.95. The molecule has 0 unspecified atom stereocenters. The lowest BCUT2D eigenvalue weighted by molar-refractivity contribution is -0.143. The Hall–Kier alpha value is -3.43. The van der Waals surface area contributed by atoms with Gasteiger partial charge >= 0.3 is 6.18 Å². The molecule has 1 aliphatic rings. The van der Waals surface area contributed by atoms with Crippen LogP contribution in [0.2, 0.25) is 0 Å². The molecule has 180 valence electrons. The van der Waals surface area contributed by atoms with E-state index in [4.69, 9.17) is 0 Å². The van der Waals surface area contributed by atoms with Gasteiger partial charge in [-0.2, -0.15) is 13.2 Å². The monoisotopic (exact) mass is 476 g/mol. The van der Waals surface area contributed by atoms with Crippen LogP contribution in [0.4, 0.5) is 23.2 Å². The third kappa shape index (κ3) is 4.36. The molecule has 1 fully saturated rings. The molecular weight excluding hydrogens is 452 g/mol. The summed E-state index contributed by atoms with van der Waals surface area (Å²) in [6.07, 6.45) is -4.95. The molecule has 0 bridgehead atoms. The van der Waals surface area contributed by atoms with E-state index in [1.165, 1.54) is 30.0 Å². The Bertz CT molecular complexity index is 1290. The second kappa shape index (κ2) is 8.73. The number of anilines is 1. The highest BCUT2D eigenvalue weighted by Crippen LogP contribution is 2.29. The van der Waals surface area contributed by atoms with Crippen LogP contribution in [0.3, 0.4) is 0 Å². The van der Waals surface area contributed by atoms with Gasteiger partial charge in [0.05, 0.1) is 11.0 Å². The number of rotatable bonds is 3. The van der Waals surface area contributed by atoms with Crippen LogP contribution in [0.25, 0.3) is 11.0 Å². The van der Waals surface area contributed by atoms with Crippen molar-refractivity contribution in [3.8, 4) is 0 Å². The number of aryl methyl sites for hydroxylation is 2. The van der Waals surface area contributed by atoms with Gasteiger partial charge in [-0.25, -0.2) is 9.37 Å². The van der Waals surface area contributed by atoms with Gasteiger partial charge in [0.25, 0.3) is 5.56 Å². The first-order valence-electron chi connectivity index (χ1n) is 10.9. The fraction of sp³-hybridized carbons (Fsp3) is 0.375. The van der Waals surface area contributed by atoms with Gasteiger partial charge in [0.15, 0.2) is 0 Å². The number of carbonyl (C=O) groups is 1. The maximum Gasteiger partial charge on any atom is 0.438 e. The number of alkyl halides is 3. The van der Waals surface area contributed by atoms with Gasteiger partial charge in [-0.3, -0.25) is 14.2 Å². The normalized spacial score (nSPS) is 15.6. The minimum Gasteiger partial charge on any atom is -0.368 e. The van der Waals surface area contributed by atoms with Crippen LogP contribution in [0.15, 0.2) is 41.2 Å². The average molecular weight is 476 g/mol. The lowest BCUT2D eigenvalue weighted by Crippen LogP contribution is -2.51. The predicted octanol–water partition coefficient (Wildman–Crippen LogP) is 4.08. The number of benzene rings is 2. The molecule has 0 saturated carbocycles. The third-order valence-electron chi connectivity index (χ3n) is 6.30. The molecule has 0 N–H and O–H groups in total. The van der Waals surface area contributed by atoms with Crippen molar-refractivity contribution in [2.75, 3.05) is 31.1 Å². The second-order valence-electron chi connectivity index (χ2n) is 8.52. The van der Waals surface area contributed by atoms with Gasteiger partial charge in [-0.1, -0.05) is 0 Å². The molecule has 0 radical (unpaired) electrons. The maximum atomic E-state index is 13.6. The Labute approximate surface area is 193 Å². The first-order valence-corrected chi connectivity index (χ1v) is 10.9. The molecule has 2 aromatic carbocycles. The van der Waals surface area contributed by atoms with E-state index in [0.717, 1.165) is 21.4 Å². The summed E-state index contributed by atoms with van der Waals surface area (Å²) in [5, 5.41) is 0. The molecule has 10 heteroatoms. The van der Waals surface area contributed by atoms with Crippen molar-refractivity contribution in [3.63, 3.8) is 0 Å². The summed E-state index contributed by atoms with van der Waals surface area (Å²) in [5.41, 5.74) is -0.358. The summed E-state index contributed by atoms with van der Waals surface area (Å²) in [5.74, 6) is -0.787. The van der Waals surface area contributed by atoms with E-state index in [1.807, 2.05) is 4.90 Å². The van der Waals surface area contributed by atoms with E-state index >= 15 is 0 Å². The van der Waals surface area contributed by atoms with Crippen molar-refractivity contribution in [1.82, 2.24) is 14.5 Å². The van der Waals surface area contributed by atoms with Gasteiger partial charge < -0.3 is 9.80 Å². The van der Waals surface area contributed by atoms with Crippen LogP contribution in [0, 0.1) is 19.7 Å². The zero-order chi connectivity index (χ0) is 24.8. The Morgan fingerprint density at radius 2 is 1.59 bits per heavy atom. The molecule has 1 atom stereocenters. The summed E-state index contributed by atoms with van der Waals surface area (Å²) in [6.45, 7) is 6.55.